The second-order valence-corrected chi connectivity index (χ2v) is 5.43. The number of hydrogen-bond acceptors (Lipinski definition) is 5. The van der Waals surface area contributed by atoms with Crippen molar-refractivity contribution in [3.05, 3.63) is 44.8 Å². The van der Waals surface area contributed by atoms with Gasteiger partial charge >= 0.3 is 0 Å². The van der Waals surface area contributed by atoms with Crippen molar-refractivity contribution in [2.45, 2.75) is 13.8 Å². The predicted molar refractivity (Wildman–Crippen MR) is 76.5 cm³/mol. The Morgan fingerprint density at radius 2 is 1.95 bits per heavy atom. The van der Waals surface area contributed by atoms with Crippen LogP contribution in [0.1, 0.15) is 27.0 Å². The number of fused-ring (bicyclic) bond motifs is 1. The molecule has 0 bridgehead atoms. The third-order valence-electron chi connectivity index (χ3n) is 3.37. The van der Waals surface area contributed by atoms with E-state index >= 15 is 0 Å². The van der Waals surface area contributed by atoms with Crippen LogP contribution in [0.5, 0.6) is 17.2 Å². The molecule has 2 heterocycles. The Labute approximate surface area is 119 Å². The lowest BCUT2D eigenvalue weighted by Gasteiger charge is -2.09. The molecule has 0 radical (unpaired) electrons. The van der Waals surface area contributed by atoms with Crippen molar-refractivity contribution in [3.8, 4) is 17.2 Å². The minimum Gasteiger partial charge on any atom is -0.507 e. The van der Waals surface area contributed by atoms with Crippen molar-refractivity contribution >= 4 is 23.2 Å². The lowest BCUT2D eigenvalue weighted by Crippen LogP contribution is -1.98. The van der Waals surface area contributed by atoms with Crippen LogP contribution in [-0.2, 0) is 0 Å². The quantitative estimate of drug-likeness (QED) is 0.789. The molecule has 0 aliphatic carbocycles. The fraction of sp³-hybridized carbons (Fsp3) is 0.133. The molecule has 0 atom stereocenters. The second kappa shape index (κ2) is 4.38. The smallest absolute Gasteiger partial charge is 0.235 e. The number of rotatable bonds is 1. The molecule has 0 fully saturated rings. The number of hydrogen-bond donors (Lipinski definition) is 2. The molecule has 0 spiro atoms. The van der Waals surface area contributed by atoms with Gasteiger partial charge in [0.05, 0.1) is 0 Å². The molecule has 4 nitrogen and oxygen atoms in total. The number of carbonyl (C=O) groups excluding carboxylic acids is 1. The van der Waals surface area contributed by atoms with E-state index in [1.54, 1.807) is 19.9 Å². The molecule has 1 aromatic heterocycles. The molecule has 0 saturated carbocycles. The van der Waals surface area contributed by atoms with Crippen LogP contribution in [0.15, 0.2) is 22.6 Å². The molecule has 102 valence electrons. The summed E-state index contributed by atoms with van der Waals surface area (Å²) in [5, 5.41) is 23.8. The average molecular weight is 288 g/mol. The minimum absolute atomic E-state index is 0.0502. The Bertz CT molecular complexity index is 742. The van der Waals surface area contributed by atoms with Gasteiger partial charge in [-0.2, -0.15) is 11.3 Å². The van der Waals surface area contributed by atoms with Gasteiger partial charge in [-0.1, -0.05) is 0 Å². The summed E-state index contributed by atoms with van der Waals surface area (Å²) in [6.07, 6.45) is 1.63. The SMILES string of the molecule is Cc1c(O)c(C)c2c(c1O)C(=O)C(=Cc1ccsc1)O2. The second-order valence-electron chi connectivity index (χ2n) is 4.65. The predicted octanol–water partition coefficient (Wildman–Crippen LogP) is 3.39. The molecule has 1 aliphatic rings. The molecular formula is C15H12O4S. The maximum Gasteiger partial charge on any atom is 0.235 e. The third kappa shape index (κ3) is 1.71. The first-order chi connectivity index (χ1) is 9.50. The molecule has 3 rings (SSSR count). The largest absolute Gasteiger partial charge is 0.507 e. The monoisotopic (exact) mass is 288 g/mol. The molecule has 5 heteroatoms. The number of allylic oxidation sites excluding steroid dienone is 1. The highest BCUT2D eigenvalue weighted by atomic mass is 32.1. The Balaban J connectivity index is 2.16. The fourth-order valence-electron chi connectivity index (χ4n) is 2.20. The summed E-state index contributed by atoms with van der Waals surface area (Å²) in [5.74, 6) is -0.249. The van der Waals surface area contributed by atoms with Gasteiger partial charge in [-0.3, -0.25) is 4.79 Å². The van der Waals surface area contributed by atoms with Gasteiger partial charge in [-0.15, -0.1) is 0 Å². The summed E-state index contributed by atoms with van der Waals surface area (Å²) in [4.78, 5) is 12.3. The number of thiophene rings is 1. The highest BCUT2D eigenvalue weighted by Gasteiger charge is 2.34. The van der Waals surface area contributed by atoms with Gasteiger partial charge in [0.2, 0.25) is 5.78 Å². The molecule has 2 N–H and O–H groups in total. The van der Waals surface area contributed by atoms with Crippen LogP contribution in [0, 0.1) is 13.8 Å². The van der Waals surface area contributed by atoms with E-state index in [2.05, 4.69) is 0 Å². The van der Waals surface area contributed by atoms with Crippen LogP contribution in [0.4, 0.5) is 0 Å². The summed E-state index contributed by atoms with van der Waals surface area (Å²) < 4.78 is 5.54. The normalized spacial score (nSPS) is 15.5. The molecule has 2 aromatic rings. The van der Waals surface area contributed by atoms with E-state index in [1.165, 1.54) is 11.3 Å². The van der Waals surface area contributed by atoms with Crippen LogP contribution < -0.4 is 4.74 Å². The highest BCUT2D eigenvalue weighted by Crippen LogP contribution is 2.46. The van der Waals surface area contributed by atoms with Crippen LogP contribution in [0.3, 0.4) is 0 Å². The molecule has 0 amide bonds. The van der Waals surface area contributed by atoms with Crippen molar-refractivity contribution in [1.82, 2.24) is 0 Å². The van der Waals surface area contributed by atoms with E-state index in [1.807, 2.05) is 16.8 Å². The lowest BCUT2D eigenvalue weighted by atomic mass is 10.0. The number of phenols is 2. The van der Waals surface area contributed by atoms with Crippen LogP contribution in [0.25, 0.3) is 6.08 Å². The topological polar surface area (TPSA) is 66.8 Å². The van der Waals surface area contributed by atoms with Crippen molar-refractivity contribution in [3.63, 3.8) is 0 Å². The number of Topliss-reactive ketones (excluding diaryl/α,β-unsaturated/α-hetero) is 1. The third-order valence-corrected chi connectivity index (χ3v) is 4.08. The Kier molecular flexibility index (Phi) is 2.79. The number of ketones is 1. The van der Waals surface area contributed by atoms with Crippen molar-refractivity contribution in [2.24, 2.45) is 0 Å². The molecule has 20 heavy (non-hydrogen) atoms. The summed E-state index contributed by atoms with van der Waals surface area (Å²) in [7, 11) is 0. The molecule has 0 unspecified atom stereocenters. The van der Waals surface area contributed by atoms with Crippen LogP contribution in [-0.4, -0.2) is 16.0 Å². The average Bonchev–Trinajstić information content (AvgIpc) is 3.04. The summed E-state index contributed by atoms with van der Waals surface area (Å²) in [6.45, 7) is 3.22. The molecular weight excluding hydrogens is 276 g/mol. The first-order valence-corrected chi connectivity index (χ1v) is 6.96. The van der Waals surface area contributed by atoms with E-state index in [0.717, 1.165) is 5.56 Å². The van der Waals surface area contributed by atoms with Gasteiger partial charge in [0.1, 0.15) is 22.8 Å². The number of ether oxygens (including phenoxy) is 1. The Morgan fingerprint density at radius 3 is 2.60 bits per heavy atom. The summed E-state index contributed by atoms with van der Waals surface area (Å²) in [6, 6.07) is 1.87. The van der Waals surface area contributed by atoms with E-state index in [9.17, 15) is 15.0 Å². The van der Waals surface area contributed by atoms with Gasteiger partial charge in [-0.05, 0) is 42.3 Å². The standard InChI is InChI=1S/C15H12O4S/c1-7-12(16)8(2)15-11(13(7)17)14(18)10(19-15)5-9-3-4-20-6-9/h3-6,16-17H,1-2H3. The summed E-state index contributed by atoms with van der Waals surface area (Å²) >= 11 is 1.52. The maximum atomic E-state index is 12.3. The molecule has 0 saturated heterocycles. The van der Waals surface area contributed by atoms with Crippen molar-refractivity contribution in [2.75, 3.05) is 0 Å². The van der Waals surface area contributed by atoms with E-state index in [-0.39, 0.29) is 39.9 Å². The Morgan fingerprint density at radius 1 is 1.20 bits per heavy atom. The number of phenolic OH excluding ortho intramolecular Hbond substituents is 2. The summed E-state index contributed by atoms with van der Waals surface area (Å²) in [5.41, 5.74) is 1.73. The zero-order valence-corrected chi connectivity index (χ0v) is 11.7. The lowest BCUT2D eigenvalue weighted by molar-refractivity contribution is 0.101. The number of carbonyl (C=O) groups is 1. The fourth-order valence-corrected chi connectivity index (χ4v) is 2.82. The maximum absolute atomic E-state index is 12.3. The number of benzene rings is 1. The van der Waals surface area contributed by atoms with Crippen molar-refractivity contribution in [1.29, 1.82) is 0 Å². The van der Waals surface area contributed by atoms with E-state index in [4.69, 9.17) is 4.74 Å². The molecule has 1 aliphatic heterocycles. The number of aromatic hydroxyl groups is 2. The van der Waals surface area contributed by atoms with Gasteiger partial charge in [0, 0.05) is 11.1 Å². The van der Waals surface area contributed by atoms with Gasteiger partial charge < -0.3 is 14.9 Å². The van der Waals surface area contributed by atoms with E-state index < -0.39 is 0 Å². The van der Waals surface area contributed by atoms with Crippen LogP contribution in [0.2, 0.25) is 0 Å². The first kappa shape index (κ1) is 12.7. The molecule has 1 aromatic carbocycles. The zero-order valence-electron chi connectivity index (χ0n) is 10.9. The Hall–Kier alpha value is -2.27. The van der Waals surface area contributed by atoms with Crippen molar-refractivity contribution < 1.29 is 19.7 Å². The zero-order chi connectivity index (χ0) is 14.4. The minimum atomic E-state index is -0.366. The van der Waals surface area contributed by atoms with Gasteiger partial charge in [-0.25, -0.2) is 0 Å². The first-order valence-electron chi connectivity index (χ1n) is 6.02. The van der Waals surface area contributed by atoms with Gasteiger partial charge in [0.15, 0.2) is 5.76 Å². The van der Waals surface area contributed by atoms with Gasteiger partial charge in [0.25, 0.3) is 0 Å². The van der Waals surface area contributed by atoms with Crippen LogP contribution >= 0.6 is 11.3 Å². The van der Waals surface area contributed by atoms with E-state index in [0.29, 0.717) is 5.56 Å². The highest BCUT2D eigenvalue weighted by molar-refractivity contribution is 7.08.